The van der Waals surface area contributed by atoms with Crippen LogP contribution < -0.4 is 0 Å². The van der Waals surface area contributed by atoms with Crippen molar-refractivity contribution in [3.63, 3.8) is 0 Å². The fourth-order valence-corrected chi connectivity index (χ4v) is 1.74. The van der Waals surface area contributed by atoms with Gasteiger partial charge in [0.2, 0.25) is 0 Å². The average Bonchev–Trinajstić information content (AvgIpc) is 2.17. The highest BCUT2D eigenvalue weighted by Crippen LogP contribution is 2.21. The number of cyclic esters (lactones) is 1. The van der Waals surface area contributed by atoms with E-state index in [2.05, 4.69) is 6.92 Å². The first-order valence-electron chi connectivity index (χ1n) is 4.61. The molecule has 1 aliphatic heterocycles. The summed E-state index contributed by atoms with van der Waals surface area (Å²) < 4.78 is 5.01. The lowest BCUT2D eigenvalue weighted by Gasteiger charge is -2.17. The monoisotopic (exact) mass is 176 g/mol. The van der Waals surface area contributed by atoms with Crippen LogP contribution in [0, 0.1) is 0 Å². The summed E-state index contributed by atoms with van der Waals surface area (Å²) in [4.78, 5) is 11.4. The van der Waals surface area contributed by atoms with Gasteiger partial charge in [0.15, 0.2) is 0 Å². The van der Waals surface area contributed by atoms with Crippen molar-refractivity contribution in [1.29, 1.82) is 0 Å². The number of carbonyl (C=O) groups is 1. The van der Waals surface area contributed by atoms with Gasteiger partial charge in [-0.25, -0.2) is 4.79 Å². The third-order valence-electron chi connectivity index (χ3n) is 2.43. The number of benzene rings is 1. The van der Waals surface area contributed by atoms with Crippen LogP contribution in [0.1, 0.15) is 28.4 Å². The fourth-order valence-electron chi connectivity index (χ4n) is 1.74. The van der Waals surface area contributed by atoms with Crippen molar-refractivity contribution in [1.82, 2.24) is 0 Å². The summed E-state index contributed by atoms with van der Waals surface area (Å²) in [7, 11) is 0. The molecule has 0 unspecified atom stereocenters. The Morgan fingerprint density at radius 3 is 3.08 bits per heavy atom. The zero-order chi connectivity index (χ0) is 9.26. The standard InChI is InChI=1S/C11H12O2/c1-2-8-4-3-5-9-6-7-13-11(12)10(8)9/h3-5H,2,6-7H2,1H3. The molecule has 13 heavy (non-hydrogen) atoms. The van der Waals surface area contributed by atoms with Crippen LogP contribution in [0.4, 0.5) is 0 Å². The molecule has 0 aliphatic carbocycles. The second-order valence-corrected chi connectivity index (χ2v) is 3.19. The van der Waals surface area contributed by atoms with E-state index in [1.807, 2.05) is 18.2 Å². The van der Waals surface area contributed by atoms with Gasteiger partial charge in [-0.15, -0.1) is 0 Å². The largest absolute Gasteiger partial charge is 0.462 e. The van der Waals surface area contributed by atoms with Crippen LogP contribution in [0.5, 0.6) is 0 Å². The van der Waals surface area contributed by atoms with Crippen LogP contribution in [0.2, 0.25) is 0 Å². The molecule has 0 amide bonds. The maximum absolute atomic E-state index is 11.4. The minimum absolute atomic E-state index is 0.154. The van der Waals surface area contributed by atoms with Crippen molar-refractivity contribution in [2.45, 2.75) is 19.8 Å². The summed E-state index contributed by atoms with van der Waals surface area (Å²) in [5, 5.41) is 0. The summed E-state index contributed by atoms with van der Waals surface area (Å²) in [5.41, 5.74) is 3.04. The molecule has 2 heteroatoms. The molecule has 0 fully saturated rings. The van der Waals surface area contributed by atoms with Gasteiger partial charge in [0.25, 0.3) is 0 Å². The number of ether oxygens (including phenoxy) is 1. The Balaban J connectivity index is 2.56. The fraction of sp³-hybridized carbons (Fsp3) is 0.364. The molecule has 0 atom stereocenters. The Morgan fingerprint density at radius 1 is 1.46 bits per heavy atom. The van der Waals surface area contributed by atoms with E-state index in [1.165, 1.54) is 0 Å². The van der Waals surface area contributed by atoms with E-state index in [-0.39, 0.29) is 5.97 Å². The highest BCUT2D eigenvalue weighted by molar-refractivity contribution is 5.93. The number of aryl methyl sites for hydroxylation is 1. The number of hydrogen-bond donors (Lipinski definition) is 0. The molecule has 1 aliphatic rings. The minimum Gasteiger partial charge on any atom is -0.462 e. The third-order valence-corrected chi connectivity index (χ3v) is 2.43. The summed E-state index contributed by atoms with van der Waals surface area (Å²) in [6.45, 7) is 2.58. The Bertz CT molecular complexity index is 328. The van der Waals surface area contributed by atoms with E-state index < -0.39 is 0 Å². The van der Waals surface area contributed by atoms with Gasteiger partial charge in [0, 0.05) is 6.42 Å². The number of hydrogen-bond acceptors (Lipinski definition) is 2. The number of carbonyl (C=O) groups excluding carboxylic acids is 1. The first kappa shape index (κ1) is 8.30. The quantitative estimate of drug-likeness (QED) is 0.611. The van der Waals surface area contributed by atoms with Crippen molar-refractivity contribution in [2.24, 2.45) is 0 Å². The van der Waals surface area contributed by atoms with E-state index in [1.54, 1.807) is 0 Å². The molecule has 0 bridgehead atoms. The van der Waals surface area contributed by atoms with Gasteiger partial charge in [-0.05, 0) is 17.5 Å². The van der Waals surface area contributed by atoms with Crippen molar-refractivity contribution < 1.29 is 9.53 Å². The lowest BCUT2D eigenvalue weighted by Crippen LogP contribution is -2.19. The zero-order valence-electron chi connectivity index (χ0n) is 7.67. The molecule has 1 aromatic rings. The number of esters is 1. The summed E-state index contributed by atoms with van der Waals surface area (Å²) in [6.07, 6.45) is 1.74. The first-order chi connectivity index (χ1) is 6.33. The van der Waals surface area contributed by atoms with E-state index in [9.17, 15) is 4.79 Å². The Labute approximate surface area is 77.5 Å². The van der Waals surface area contributed by atoms with E-state index in [0.29, 0.717) is 6.61 Å². The molecule has 0 N–H and O–H groups in total. The predicted molar refractivity (Wildman–Crippen MR) is 49.8 cm³/mol. The second kappa shape index (κ2) is 3.21. The highest BCUT2D eigenvalue weighted by Gasteiger charge is 2.20. The van der Waals surface area contributed by atoms with Gasteiger partial charge in [-0.1, -0.05) is 25.1 Å². The van der Waals surface area contributed by atoms with Crippen LogP contribution in [0.3, 0.4) is 0 Å². The topological polar surface area (TPSA) is 26.3 Å². The maximum Gasteiger partial charge on any atom is 0.338 e. The molecule has 0 saturated heterocycles. The van der Waals surface area contributed by atoms with Gasteiger partial charge >= 0.3 is 5.97 Å². The lowest BCUT2D eigenvalue weighted by molar-refractivity contribution is 0.0479. The molecule has 2 rings (SSSR count). The lowest BCUT2D eigenvalue weighted by atomic mass is 9.96. The van der Waals surface area contributed by atoms with E-state index in [4.69, 9.17) is 4.74 Å². The summed E-state index contributed by atoms with van der Waals surface area (Å²) >= 11 is 0. The molecule has 2 nitrogen and oxygen atoms in total. The SMILES string of the molecule is CCc1cccc2c1C(=O)OCC2. The van der Waals surface area contributed by atoms with Crippen LogP contribution in [-0.4, -0.2) is 12.6 Å². The van der Waals surface area contributed by atoms with E-state index in [0.717, 1.165) is 29.5 Å². The van der Waals surface area contributed by atoms with Gasteiger partial charge < -0.3 is 4.74 Å². The summed E-state index contributed by atoms with van der Waals surface area (Å²) in [5.74, 6) is -0.154. The predicted octanol–water partition coefficient (Wildman–Crippen LogP) is 1.96. The first-order valence-corrected chi connectivity index (χ1v) is 4.61. The molecule has 68 valence electrons. The van der Waals surface area contributed by atoms with Gasteiger partial charge in [0.1, 0.15) is 0 Å². The second-order valence-electron chi connectivity index (χ2n) is 3.19. The smallest absolute Gasteiger partial charge is 0.338 e. The number of fused-ring (bicyclic) bond motifs is 1. The van der Waals surface area contributed by atoms with E-state index >= 15 is 0 Å². The van der Waals surface area contributed by atoms with Crippen molar-refractivity contribution in [2.75, 3.05) is 6.61 Å². The normalized spacial score (nSPS) is 15.0. The Morgan fingerprint density at radius 2 is 2.31 bits per heavy atom. The highest BCUT2D eigenvalue weighted by atomic mass is 16.5. The molecule has 1 aromatic carbocycles. The molecular weight excluding hydrogens is 164 g/mol. The van der Waals surface area contributed by atoms with Crippen LogP contribution >= 0.6 is 0 Å². The zero-order valence-corrected chi connectivity index (χ0v) is 7.67. The van der Waals surface area contributed by atoms with Crippen molar-refractivity contribution >= 4 is 5.97 Å². The molecule has 0 spiro atoms. The van der Waals surface area contributed by atoms with Crippen LogP contribution in [-0.2, 0) is 17.6 Å². The van der Waals surface area contributed by atoms with Crippen molar-refractivity contribution in [3.05, 3.63) is 34.9 Å². The molecule has 0 aromatic heterocycles. The van der Waals surface area contributed by atoms with Crippen LogP contribution in [0.25, 0.3) is 0 Å². The van der Waals surface area contributed by atoms with Crippen molar-refractivity contribution in [3.8, 4) is 0 Å². The minimum atomic E-state index is -0.154. The average molecular weight is 176 g/mol. The Kier molecular flexibility index (Phi) is 2.05. The van der Waals surface area contributed by atoms with Gasteiger partial charge in [-0.2, -0.15) is 0 Å². The van der Waals surface area contributed by atoms with Gasteiger partial charge in [-0.3, -0.25) is 0 Å². The maximum atomic E-state index is 11.4. The number of rotatable bonds is 1. The molecule has 0 radical (unpaired) electrons. The van der Waals surface area contributed by atoms with Gasteiger partial charge in [0.05, 0.1) is 12.2 Å². The molecule has 1 heterocycles. The van der Waals surface area contributed by atoms with Crippen LogP contribution in [0.15, 0.2) is 18.2 Å². The molecular formula is C11H12O2. The molecule has 0 saturated carbocycles. The summed E-state index contributed by atoms with van der Waals surface area (Å²) in [6, 6.07) is 6.01. The third kappa shape index (κ3) is 1.32. The Hall–Kier alpha value is -1.31.